The minimum Gasteiger partial charge on any atom is -0.329 e. The second kappa shape index (κ2) is 5.27. The molecule has 0 aromatic carbocycles. The molecular formula is C15H30N2. The van der Waals surface area contributed by atoms with E-state index in [4.69, 9.17) is 5.73 Å². The van der Waals surface area contributed by atoms with Crippen LogP contribution in [0.1, 0.15) is 59.3 Å². The molecule has 4 atom stereocenters. The molecule has 0 spiro atoms. The number of nitrogens with zero attached hydrogens (tertiary/aromatic N) is 1. The Labute approximate surface area is 107 Å². The second-order valence-corrected chi connectivity index (χ2v) is 6.62. The number of piperidine rings is 1. The molecule has 4 unspecified atom stereocenters. The highest BCUT2D eigenvalue weighted by Crippen LogP contribution is 2.43. The molecule has 2 heteroatoms. The summed E-state index contributed by atoms with van der Waals surface area (Å²) in [7, 11) is 0. The van der Waals surface area contributed by atoms with Crippen LogP contribution < -0.4 is 5.73 Å². The first-order valence-corrected chi connectivity index (χ1v) is 7.58. The highest BCUT2D eigenvalue weighted by molar-refractivity contribution is 5.01. The lowest BCUT2D eigenvalue weighted by molar-refractivity contribution is 0.0158. The lowest BCUT2D eigenvalue weighted by Crippen LogP contribution is -2.58. The zero-order valence-electron chi connectivity index (χ0n) is 11.9. The van der Waals surface area contributed by atoms with Crippen LogP contribution in [0.5, 0.6) is 0 Å². The zero-order valence-corrected chi connectivity index (χ0v) is 11.9. The third kappa shape index (κ3) is 2.53. The Morgan fingerprint density at radius 1 is 1.29 bits per heavy atom. The van der Waals surface area contributed by atoms with E-state index in [9.17, 15) is 0 Å². The summed E-state index contributed by atoms with van der Waals surface area (Å²) in [5.41, 5.74) is 6.52. The molecule has 1 aliphatic carbocycles. The average Bonchev–Trinajstić information content (AvgIpc) is 2.74. The highest BCUT2D eigenvalue weighted by Gasteiger charge is 2.44. The summed E-state index contributed by atoms with van der Waals surface area (Å²) < 4.78 is 0. The maximum absolute atomic E-state index is 6.17. The quantitative estimate of drug-likeness (QED) is 0.819. The van der Waals surface area contributed by atoms with Crippen molar-refractivity contribution in [1.82, 2.24) is 4.90 Å². The Morgan fingerprint density at radius 2 is 2.06 bits per heavy atom. The van der Waals surface area contributed by atoms with Crippen molar-refractivity contribution in [3.8, 4) is 0 Å². The summed E-state index contributed by atoms with van der Waals surface area (Å²) in [4.78, 5) is 2.77. The number of hydrogen-bond donors (Lipinski definition) is 1. The summed E-state index contributed by atoms with van der Waals surface area (Å²) >= 11 is 0. The average molecular weight is 238 g/mol. The first-order chi connectivity index (χ1) is 8.11. The molecule has 2 N–H and O–H groups in total. The largest absolute Gasteiger partial charge is 0.329 e. The summed E-state index contributed by atoms with van der Waals surface area (Å²) in [6.07, 6.45) is 8.13. The molecular weight excluding hydrogens is 208 g/mol. The van der Waals surface area contributed by atoms with E-state index >= 15 is 0 Å². The number of rotatable bonds is 3. The van der Waals surface area contributed by atoms with Gasteiger partial charge in [0.15, 0.2) is 0 Å². The molecule has 0 aromatic heterocycles. The standard InChI is InChI=1S/C15H30N2/c1-4-14-5-7-15(10-14,11-16)17-8-6-12(2)9-13(17)3/h12-14H,4-11,16H2,1-3H3. The predicted molar refractivity (Wildman–Crippen MR) is 74.0 cm³/mol. The minimum absolute atomic E-state index is 0.347. The lowest BCUT2D eigenvalue weighted by Gasteiger charge is -2.48. The van der Waals surface area contributed by atoms with Crippen LogP contribution in [0.15, 0.2) is 0 Å². The molecule has 2 rings (SSSR count). The maximum Gasteiger partial charge on any atom is 0.0337 e. The van der Waals surface area contributed by atoms with Gasteiger partial charge in [-0.15, -0.1) is 0 Å². The van der Waals surface area contributed by atoms with Gasteiger partial charge in [-0.1, -0.05) is 20.3 Å². The SMILES string of the molecule is CCC1CCC(CN)(N2CCC(C)CC2C)C1. The van der Waals surface area contributed by atoms with Crippen molar-refractivity contribution in [1.29, 1.82) is 0 Å². The van der Waals surface area contributed by atoms with Crippen molar-refractivity contribution in [2.24, 2.45) is 17.6 Å². The van der Waals surface area contributed by atoms with Crippen LogP contribution in [0, 0.1) is 11.8 Å². The molecule has 1 aliphatic heterocycles. The smallest absolute Gasteiger partial charge is 0.0337 e. The van der Waals surface area contributed by atoms with Crippen molar-refractivity contribution in [3.05, 3.63) is 0 Å². The molecule has 0 amide bonds. The molecule has 1 saturated carbocycles. The molecule has 2 aliphatic rings. The topological polar surface area (TPSA) is 29.3 Å². The van der Waals surface area contributed by atoms with Crippen LogP contribution in [0.3, 0.4) is 0 Å². The molecule has 1 saturated heterocycles. The summed E-state index contributed by atoms with van der Waals surface area (Å²) in [5, 5.41) is 0. The number of likely N-dealkylation sites (tertiary alicyclic amines) is 1. The minimum atomic E-state index is 0.347. The van der Waals surface area contributed by atoms with Gasteiger partial charge in [-0.3, -0.25) is 4.90 Å². The van der Waals surface area contributed by atoms with Crippen LogP contribution in [-0.2, 0) is 0 Å². The summed E-state index contributed by atoms with van der Waals surface area (Å²) in [6.45, 7) is 9.27. The monoisotopic (exact) mass is 238 g/mol. The number of nitrogens with two attached hydrogens (primary N) is 1. The molecule has 2 fully saturated rings. The van der Waals surface area contributed by atoms with Gasteiger partial charge >= 0.3 is 0 Å². The fraction of sp³-hybridized carbons (Fsp3) is 1.00. The van der Waals surface area contributed by atoms with Gasteiger partial charge in [0.1, 0.15) is 0 Å². The van der Waals surface area contributed by atoms with Gasteiger partial charge in [-0.2, -0.15) is 0 Å². The fourth-order valence-electron chi connectivity index (χ4n) is 4.24. The van der Waals surface area contributed by atoms with Crippen LogP contribution in [0.4, 0.5) is 0 Å². The third-order valence-corrected chi connectivity index (χ3v) is 5.39. The van der Waals surface area contributed by atoms with Crippen LogP contribution in [0.2, 0.25) is 0 Å². The number of hydrogen-bond acceptors (Lipinski definition) is 2. The van der Waals surface area contributed by atoms with E-state index in [1.807, 2.05) is 0 Å². The Hall–Kier alpha value is -0.0800. The van der Waals surface area contributed by atoms with Gasteiger partial charge in [0.2, 0.25) is 0 Å². The van der Waals surface area contributed by atoms with Crippen LogP contribution in [0.25, 0.3) is 0 Å². The molecule has 17 heavy (non-hydrogen) atoms. The van der Waals surface area contributed by atoms with Gasteiger partial charge in [0.25, 0.3) is 0 Å². The Kier molecular flexibility index (Phi) is 4.14. The first-order valence-electron chi connectivity index (χ1n) is 7.58. The van der Waals surface area contributed by atoms with Gasteiger partial charge in [0, 0.05) is 18.1 Å². The van der Waals surface area contributed by atoms with E-state index in [-0.39, 0.29) is 0 Å². The molecule has 0 aromatic rings. The Balaban J connectivity index is 2.08. The molecule has 0 radical (unpaired) electrons. The van der Waals surface area contributed by atoms with Gasteiger partial charge in [-0.25, -0.2) is 0 Å². The predicted octanol–water partition coefficient (Wildman–Crippen LogP) is 3.01. The normalized spacial score (nSPS) is 44.1. The van der Waals surface area contributed by atoms with Crippen LogP contribution >= 0.6 is 0 Å². The van der Waals surface area contributed by atoms with E-state index in [1.165, 1.54) is 45.1 Å². The van der Waals surface area contributed by atoms with Crippen molar-refractivity contribution >= 4 is 0 Å². The highest BCUT2D eigenvalue weighted by atomic mass is 15.2. The first kappa shape index (κ1) is 13.4. The fourth-order valence-corrected chi connectivity index (χ4v) is 4.24. The third-order valence-electron chi connectivity index (χ3n) is 5.39. The van der Waals surface area contributed by atoms with Crippen LogP contribution in [-0.4, -0.2) is 29.6 Å². The molecule has 2 nitrogen and oxygen atoms in total. The second-order valence-electron chi connectivity index (χ2n) is 6.62. The maximum atomic E-state index is 6.17. The van der Waals surface area contributed by atoms with Gasteiger partial charge in [-0.05, 0) is 57.4 Å². The van der Waals surface area contributed by atoms with Crippen molar-refractivity contribution in [2.45, 2.75) is 70.9 Å². The Bertz CT molecular complexity index is 253. The van der Waals surface area contributed by atoms with Crippen molar-refractivity contribution < 1.29 is 0 Å². The zero-order chi connectivity index (χ0) is 12.5. The van der Waals surface area contributed by atoms with E-state index in [2.05, 4.69) is 25.7 Å². The van der Waals surface area contributed by atoms with Crippen molar-refractivity contribution in [2.75, 3.05) is 13.1 Å². The van der Waals surface area contributed by atoms with Gasteiger partial charge in [0.05, 0.1) is 0 Å². The van der Waals surface area contributed by atoms with E-state index in [0.717, 1.165) is 24.4 Å². The molecule has 0 bridgehead atoms. The molecule has 100 valence electrons. The van der Waals surface area contributed by atoms with E-state index in [1.54, 1.807) is 0 Å². The lowest BCUT2D eigenvalue weighted by atomic mass is 9.85. The van der Waals surface area contributed by atoms with E-state index < -0.39 is 0 Å². The Morgan fingerprint density at radius 3 is 2.59 bits per heavy atom. The van der Waals surface area contributed by atoms with Crippen molar-refractivity contribution in [3.63, 3.8) is 0 Å². The molecule has 1 heterocycles. The summed E-state index contributed by atoms with van der Waals surface area (Å²) in [6, 6.07) is 0.734. The van der Waals surface area contributed by atoms with Gasteiger partial charge < -0.3 is 5.73 Å². The summed E-state index contributed by atoms with van der Waals surface area (Å²) in [5.74, 6) is 1.82. The van der Waals surface area contributed by atoms with E-state index in [0.29, 0.717) is 5.54 Å².